The average Bonchev–Trinajstić information content (AvgIpc) is 3.31. The number of aromatic nitrogens is 1. The molecule has 1 aromatic carbocycles. The molecule has 0 saturated carbocycles. The van der Waals surface area contributed by atoms with E-state index in [0.717, 1.165) is 13.1 Å². The number of hydrogen-bond acceptors (Lipinski definition) is 7. The number of rotatable bonds is 7. The molecule has 36 heavy (non-hydrogen) atoms. The van der Waals surface area contributed by atoms with E-state index >= 15 is 0 Å². The maximum atomic E-state index is 15.0. The number of halogens is 1. The molecule has 1 atom stereocenters. The summed E-state index contributed by atoms with van der Waals surface area (Å²) in [5, 5.41) is 11.4. The third kappa shape index (κ3) is 4.66. The van der Waals surface area contributed by atoms with Crippen LogP contribution in [0.5, 0.6) is 0 Å². The zero-order valence-electron chi connectivity index (χ0n) is 20.6. The number of ether oxygens (including phenoxy) is 2. The molecule has 3 heterocycles. The fraction of sp³-hybridized carbons (Fsp3) is 0.423. The minimum atomic E-state index is -1.11. The first kappa shape index (κ1) is 25.6. The van der Waals surface area contributed by atoms with Crippen LogP contribution in [0.2, 0.25) is 0 Å². The van der Waals surface area contributed by atoms with Gasteiger partial charge in [0, 0.05) is 43.0 Å². The van der Waals surface area contributed by atoms with E-state index < -0.39 is 35.3 Å². The average molecular weight is 500 g/mol. The van der Waals surface area contributed by atoms with Gasteiger partial charge in [-0.15, -0.1) is 0 Å². The van der Waals surface area contributed by atoms with Gasteiger partial charge < -0.3 is 24.5 Å². The quantitative estimate of drug-likeness (QED) is 0.261. The maximum Gasteiger partial charge on any atom is 0.354 e. The van der Waals surface area contributed by atoms with E-state index in [4.69, 9.17) is 9.47 Å². The van der Waals surface area contributed by atoms with Gasteiger partial charge in [-0.1, -0.05) is 18.2 Å². The summed E-state index contributed by atoms with van der Waals surface area (Å²) in [6, 6.07) is 4.79. The zero-order valence-corrected chi connectivity index (χ0v) is 20.6. The smallest absolute Gasteiger partial charge is 0.354 e. The number of likely N-dealkylation sites (tertiary alicyclic amines) is 1. The van der Waals surface area contributed by atoms with Crippen LogP contribution in [0.4, 0.5) is 4.39 Å². The normalized spacial score (nSPS) is 20.2. The fourth-order valence-corrected chi connectivity index (χ4v) is 4.97. The zero-order chi connectivity index (χ0) is 26.0. The van der Waals surface area contributed by atoms with Gasteiger partial charge in [0.05, 0.1) is 31.9 Å². The molecule has 2 aliphatic rings. The molecule has 192 valence electrons. The lowest BCUT2D eigenvalue weighted by atomic mass is 9.93. The number of aliphatic hydroxyl groups is 1. The number of carbonyl (C=O) groups excluding carboxylic acids is 3. The van der Waals surface area contributed by atoms with E-state index in [2.05, 4.69) is 9.88 Å². The summed E-state index contributed by atoms with van der Waals surface area (Å²) in [5.41, 5.74) is 1.02. The number of hydrogen-bond donors (Lipinski definition) is 2. The molecule has 9 nitrogen and oxygen atoms in total. The molecule has 1 aromatic heterocycles. The number of aryl methyl sites for hydroxylation is 1. The first-order valence-corrected chi connectivity index (χ1v) is 11.9. The highest BCUT2D eigenvalue weighted by Crippen LogP contribution is 2.41. The molecule has 1 amide bonds. The molecule has 4 rings (SSSR count). The molecule has 2 saturated heterocycles. The molecule has 10 heteroatoms. The Morgan fingerprint density at radius 1 is 1.19 bits per heavy atom. The minimum Gasteiger partial charge on any atom is -0.507 e. The van der Waals surface area contributed by atoms with Crippen molar-refractivity contribution in [3.8, 4) is 0 Å². The first-order chi connectivity index (χ1) is 17.3. The van der Waals surface area contributed by atoms with Crippen molar-refractivity contribution in [2.24, 2.45) is 0 Å². The Bertz CT molecular complexity index is 1210. The SMILES string of the molecule is COC(=O)c1[nH]c(C)c(/C(O)=C2\C(=O)C(=O)N(CCCN3CCOCC3)[C@H]2c2ccccc2F)c1C. The van der Waals surface area contributed by atoms with Crippen LogP contribution >= 0.6 is 0 Å². The summed E-state index contributed by atoms with van der Waals surface area (Å²) in [4.78, 5) is 45.0. The van der Waals surface area contributed by atoms with Gasteiger partial charge in [0.25, 0.3) is 11.7 Å². The van der Waals surface area contributed by atoms with E-state index in [-0.39, 0.29) is 28.9 Å². The molecular formula is C26H30FN3O6. The number of benzene rings is 1. The van der Waals surface area contributed by atoms with Gasteiger partial charge in [0.15, 0.2) is 0 Å². The van der Waals surface area contributed by atoms with Crippen molar-refractivity contribution in [1.29, 1.82) is 0 Å². The second-order valence-corrected chi connectivity index (χ2v) is 8.94. The van der Waals surface area contributed by atoms with Crippen molar-refractivity contribution in [3.05, 3.63) is 63.7 Å². The standard InChI is InChI=1S/C26H30FN3O6/c1-15-19(16(2)28-21(15)26(34)35-3)23(31)20-22(17-7-4-5-8-18(17)27)30(25(33)24(20)32)10-6-9-29-11-13-36-14-12-29/h4-5,7-8,22,28,31H,6,9-14H2,1-3H3/b23-20+/t22-/m0/s1. The van der Waals surface area contributed by atoms with Gasteiger partial charge in [-0.3, -0.25) is 14.5 Å². The largest absolute Gasteiger partial charge is 0.507 e. The van der Waals surface area contributed by atoms with Crippen molar-refractivity contribution in [2.75, 3.05) is 46.5 Å². The molecular weight excluding hydrogens is 469 g/mol. The van der Waals surface area contributed by atoms with Gasteiger partial charge in [-0.05, 0) is 31.9 Å². The number of H-pyrrole nitrogens is 1. The number of Topliss-reactive ketones (excluding diaryl/α,β-unsaturated/α-hetero) is 1. The van der Waals surface area contributed by atoms with Crippen LogP contribution in [0.3, 0.4) is 0 Å². The summed E-state index contributed by atoms with van der Waals surface area (Å²) < 4.78 is 25.1. The van der Waals surface area contributed by atoms with E-state index in [1.165, 1.54) is 30.2 Å². The number of nitrogens with zero attached hydrogens (tertiary/aromatic N) is 2. The van der Waals surface area contributed by atoms with E-state index in [1.54, 1.807) is 19.9 Å². The molecule has 0 aliphatic carbocycles. The highest BCUT2D eigenvalue weighted by molar-refractivity contribution is 6.46. The number of amides is 1. The predicted molar refractivity (Wildman–Crippen MR) is 129 cm³/mol. The summed E-state index contributed by atoms with van der Waals surface area (Å²) in [5.74, 6) is -3.38. The Morgan fingerprint density at radius 3 is 2.56 bits per heavy atom. The van der Waals surface area contributed by atoms with E-state index in [9.17, 15) is 23.9 Å². The highest BCUT2D eigenvalue weighted by Gasteiger charge is 2.47. The van der Waals surface area contributed by atoms with Crippen LogP contribution in [-0.2, 0) is 19.1 Å². The van der Waals surface area contributed by atoms with E-state index in [0.29, 0.717) is 37.4 Å². The van der Waals surface area contributed by atoms with Crippen LogP contribution in [-0.4, -0.2) is 84.1 Å². The highest BCUT2D eigenvalue weighted by atomic mass is 19.1. The molecule has 0 bridgehead atoms. The maximum absolute atomic E-state index is 15.0. The Morgan fingerprint density at radius 2 is 1.89 bits per heavy atom. The number of carbonyl (C=O) groups is 3. The minimum absolute atomic E-state index is 0.114. The van der Waals surface area contributed by atoms with Gasteiger partial charge in [-0.25, -0.2) is 9.18 Å². The number of aromatic amines is 1. The molecule has 0 spiro atoms. The summed E-state index contributed by atoms with van der Waals surface area (Å²) in [7, 11) is 1.23. The van der Waals surface area contributed by atoms with Crippen LogP contribution in [0.25, 0.3) is 5.76 Å². The second-order valence-electron chi connectivity index (χ2n) is 8.94. The van der Waals surface area contributed by atoms with Gasteiger partial charge in [0.1, 0.15) is 17.3 Å². The summed E-state index contributed by atoms with van der Waals surface area (Å²) in [6.07, 6.45) is 0.562. The number of esters is 1. The molecule has 0 radical (unpaired) electrons. The van der Waals surface area contributed by atoms with Crippen LogP contribution in [0, 0.1) is 19.7 Å². The van der Waals surface area contributed by atoms with Crippen LogP contribution in [0.15, 0.2) is 29.8 Å². The number of ketones is 1. The molecule has 2 fully saturated rings. The van der Waals surface area contributed by atoms with Crippen molar-refractivity contribution < 1.29 is 33.4 Å². The Kier molecular flexibility index (Phi) is 7.56. The lowest BCUT2D eigenvalue weighted by molar-refractivity contribution is -0.140. The summed E-state index contributed by atoms with van der Waals surface area (Å²) >= 11 is 0. The van der Waals surface area contributed by atoms with Crippen molar-refractivity contribution >= 4 is 23.4 Å². The third-order valence-electron chi connectivity index (χ3n) is 6.78. The van der Waals surface area contributed by atoms with Crippen molar-refractivity contribution in [2.45, 2.75) is 26.3 Å². The Labute approximate surface area is 208 Å². The predicted octanol–water partition coefficient (Wildman–Crippen LogP) is 2.70. The molecule has 0 unspecified atom stereocenters. The molecule has 2 aromatic rings. The first-order valence-electron chi connectivity index (χ1n) is 11.9. The topological polar surface area (TPSA) is 112 Å². The molecule has 2 N–H and O–H groups in total. The van der Waals surface area contributed by atoms with Crippen LogP contribution in [0.1, 0.15) is 45.3 Å². The number of nitrogens with one attached hydrogen (secondary N) is 1. The van der Waals surface area contributed by atoms with Crippen LogP contribution < -0.4 is 0 Å². The van der Waals surface area contributed by atoms with Gasteiger partial charge >= 0.3 is 5.97 Å². The Hall–Kier alpha value is -3.50. The number of morpholine rings is 1. The Balaban J connectivity index is 1.76. The van der Waals surface area contributed by atoms with Gasteiger partial charge in [-0.2, -0.15) is 0 Å². The monoisotopic (exact) mass is 499 g/mol. The molecule has 2 aliphatic heterocycles. The third-order valence-corrected chi connectivity index (χ3v) is 6.78. The van der Waals surface area contributed by atoms with Gasteiger partial charge in [0.2, 0.25) is 0 Å². The van der Waals surface area contributed by atoms with Crippen molar-refractivity contribution in [1.82, 2.24) is 14.8 Å². The lowest BCUT2D eigenvalue weighted by Gasteiger charge is -2.29. The van der Waals surface area contributed by atoms with E-state index in [1.807, 2.05) is 0 Å². The second kappa shape index (κ2) is 10.6. The number of methoxy groups -OCH3 is 1. The van der Waals surface area contributed by atoms with Crippen molar-refractivity contribution in [3.63, 3.8) is 0 Å². The lowest BCUT2D eigenvalue weighted by Crippen LogP contribution is -2.39. The summed E-state index contributed by atoms with van der Waals surface area (Å²) in [6.45, 7) is 6.97. The fourth-order valence-electron chi connectivity index (χ4n) is 4.97. The number of aliphatic hydroxyl groups excluding tert-OH is 1.